The molecule has 0 spiro atoms. The zero-order valence-corrected chi connectivity index (χ0v) is 32.5. The molecule has 0 N–H and O–H groups in total. The third-order valence-electron chi connectivity index (χ3n) is 12.3. The Labute approximate surface area is 340 Å². The third-order valence-corrected chi connectivity index (χ3v) is 12.3. The Morgan fingerprint density at radius 2 is 1.00 bits per heavy atom. The second kappa shape index (κ2) is 12.7. The van der Waals surface area contributed by atoms with E-state index < -0.39 is 0 Å². The maximum atomic E-state index is 6.91. The highest BCUT2D eigenvalue weighted by atomic mass is 16.3. The van der Waals surface area contributed by atoms with Crippen molar-refractivity contribution >= 4 is 43.7 Å². The van der Waals surface area contributed by atoms with Crippen LogP contribution in [0.5, 0.6) is 0 Å². The van der Waals surface area contributed by atoms with Crippen LogP contribution >= 0.6 is 0 Å². The van der Waals surface area contributed by atoms with Crippen molar-refractivity contribution in [2.75, 3.05) is 0 Å². The summed E-state index contributed by atoms with van der Waals surface area (Å²) in [6, 6.07) is 64.1. The molecule has 0 aliphatic heterocycles. The maximum Gasteiger partial charge on any atom is 0.164 e. The molecule has 0 bridgehead atoms. The van der Waals surface area contributed by atoms with Gasteiger partial charge in [-0.1, -0.05) is 159 Å². The minimum Gasteiger partial charge on any atom is -0.454 e. The first kappa shape index (κ1) is 33.5. The van der Waals surface area contributed by atoms with E-state index >= 15 is 0 Å². The monoisotopic (exact) mass is 756 g/mol. The van der Waals surface area contributed by atoms with Crippen LogP contribution in [0.2, 0.25) is 0 Å². The Bertz CT molecular complexity index is 3390. The molecule has 0 atom stereocenters. The quantitative estimate of drug-likeness (QED) is 0.175. The summed E-state index contributed by atoms with van der Waals surface area (Å²) in [5.41, 5.74) is 15.4. The Hall–Kier alpha value is -7.63. The van der Waals surface area contributed by atoms with Crippen molar-refractivity contribution in [3.05, 3.63) is 193 Å². The lowest BCUT2D eigenvalue weighted by Crippen LogP contribution is -2.14. The van der Waals surface area contributed by atoms with Gasteiger partial charge in [0.15, 0.2) is 23.1 Å². The Morgan fingerprint density at radius 3 is 1.73 bits per heavy atom. The molecule has 1 aliphatic carbocycles. The minimum absolute atomic E-state index is 0.108. The van der Waals surface area contributed by atoms with Gasteiger partial charge in [0.1, 0.15) is 5.58 Å². The summed E-state index contributed by atoms with van der Waals surface area (Å²) in [5.74, 6) is 1.92. The first-order valence-electron chi connectivity index (χ1n) is 20.1. The number of para-hydroxylation sites is 2. The Balaban J connectivity index is 0.958. The van der Waals surface area contributed by atoms with E-state index in [0.717, 1.165) is 61.0 Å². The van der Waals surface area contributed by atoms with Crippen molar-refractivity contribution in [1.29, 1.82) is 0 Å². The molecule has 5 nitrogen and oxygen atoms in total. The molecule has 0 saturated heterocycles. The van der Waals surface area contributed by atoms with E-state index in [1.807, 2.05) is 60.7 Å². The average molecular weight is 757 g/mol. The van der Waals surface area contributed by atoms with Crippen molar-refractivity contribution in [3.8, 4) is 62.1 Å². The first-order valence-corrected chi connectivity index (χ1v) is 20.1. The van der Waals surface area contributed by atoms with E-state index in [9.17, 15) is 0 Å². The lowest BCUT2D eigenvalue weighted by Gasteiger charge is -2.21. The predicted molar refractivity (Wildman–Crippen MR) is 241 cm³/mol. The molecule has 0 saturated carbocycles. The lowest BCUT2D eigenvalue weighted by atomic mass is 9.82. The molecular weight excluding hydrogens is 721 g/mol. The molecule has 0 amide bonds. The zero-order valence-electron chi connectivity index (χ0n) is 32.5. The molecule has 59 heavy (non-hydrogen) atoms. The smallest absolute Gasteiger partial charge is 0.164 e. The van der Waals surface area contributed by atoms with Crippen molar-refractivity contribution in [3.63, 3.8) is 0 Å². The Morgan fingerprint density at radius 1 is 0.407 bits per heavy atom. The minimum atomic E-state index is -0.108. The van der Waals surface area contributed by atoms with Gasteiger partial charge in [0, 0.05) is 43.7 Å². The molecule has 3 heterocycles. The number of benzene rings is 8. The molecule has 1 aliphatic rings. The maximum absolute atomic E-state index is 6.91. The standard InChI is InChI=1S/C54H36N4O/c1-54(2)44-21-11-9-18-38(44)42-31-43-39-19-10-12-22-46(39)58(48(43)32-45(42)54)47-23-13-20-41-40-29-28-37(30-49(40)59-50(41)47)33-24-26-36(27-25-33)53-56-51(34-14-5-3-6-15-34)55-52(57-53)35-16-7-4-8-17-35/h3-32H,1-2H3. The molecule has 8 aromatic carbocycles. The van der Waals surface area contributed by atoms with Gasteiger partial charge in [0.2, 0.25) is 0 Å². The van der Waals surface area contributed by atoms with Crippen LogP contribution in [-0.4, -0.2) is 19.5 Å². The molecule has 0 radical (unpaired) electrons. The average Bonchev–Trinajstić information content (AvgIpc) is 3.91. The Kier molecular flexibility index (Phi) is 7.20. The first-order chi connectivity index (χ1) is 29.0. The van der Waals surface area contributed by atoms with Gasteiger partial charge in [0.25, 0.3) is 0 Å². The summed E-state index contributed by atoms with van der Waals surface area (Å²) in [4.78, 5) is 14.7. The fourth-order valence-electron chi connectivity index (χ4n) is 9.31. The van der Waals surface area contributed by atoms with Gasteiger partial charge in [-0.15, -0.1) is 0 Å². The highest BCUT2D eigenvalue weighted by Crippen LogP contribution is 2.51. The topological polar surface area (TPSA) is 56.7 Å². The van der Waals surface area contributed by atoms with Crippen LogP contribution < -0.4 is 0 Å². The SMILES string of the molecule is CC1(C)c2ccccc2-c2cc3c4ccccc4n(-c4cccc5c4oc4cc(-c6ccc(-c7nc(-c8ccccc8)nc(-c8ccccc8)n7)cc6)ccc45)c3cc21. The number of nitrogens with zero attached hydrogens (tertiary/aromatic N) is 4. The predicted octanol–water partition coefficient (Wildman–Crippen LogP) is 13.8. The summed E-state index contributed by atoms with van der Waals surface area (Å²) in [6.45, 7) is 4.69. The molecule has 0 fully saturated rings. The van der Waals surface area contributed by atoms with Crippen molar-refractivity contribution in [2.24, 2.45) is 0 Å². The highest BCUT2D eigenvalue weighted by Gasteiger charge is 2.36. The number of furan rings is 1. The van der Waals surface area contributed by atoms with Crippen molar-refractivity contribution < 1.29 is 4.42 Å². The molecule has 0 unspecified atom stereocenters. The number of hydrogen-bond acceptors (Lipinski definition) is 4. The van der Waals surface area contributed by atoms with Crippen LogP contribution in [0.25, 0.3) is 106 Å². The van der Waals surface area contributed by atoms with Crippen LogP contribution in [0.1, 0.15) is 25.0 Å². The van der Waals surface area contributed by atoms with Crippen LogP contribution in [0.3, 0.4) is 0 Å². The summed E-state index contributed by atoms with van der Waals surface area (Å²) >= 11 is 0. The van der Waals surface area contributed by atoms with Crippen LogP contribution in [0, 0.1) is 0 Å². The van der Waals surface area contributed by atoms with E-state index in [1.54, 1.807) is 0 Å². The summed E-state index contributed by atoms with van der Waals surface area (Å²) in [6.07, 6.45) is 0. The van der Waals surface area contributed by atoms with E-state index in [0.29, 0.717) is 17.5 Å². The third kappa shape index (κ3) is 5.14. The van der Waals surface area contributed by atoms with Crippen LogP contribution in [-0.2, 0) is 5.41 Å². The van der Waals surface area contributed by atoms with Crippen molar-refractivity contribution in [1.82, 2.24) is 19.5 Å². The number of rotatable bonds is 5. The largest absolute Gasteiger partial charge is 0.454 e. The van der Waals surface area contributed by atoms with E-state index in [2.05, 4.69) is 140 Å². The molecule has 3 aromatic heterocycles. The molecule has 11 aromatic rings. The lowest BCUT2D eigenvalue weighted by molar-refractivity contribution is 0.660. The zero-order chi connectivity index (χ0) is 39.2. The fraction of sp³-hybridized carbons (Fsp3) is 0.0556. The summed E-state index contributed by atoms with van der Waals surface area (Å²) in [7, 11) is 0. The molecule has 278 valence electrons. The molecule has 5 heteroatoms. The van der Waals surface area contributed by atoms with Crippen LogP contribution in [0.15, 0.2) is 186 Å². The summed E-state index contributed by atoms with van der Waals surface area (Å²) in [5, 5.41) is 4.66. The van der Waals surface area contributed by atoms with Gasteiger partial charge < -0.3 is 8.98 Å². The van der Waals surface area contributed by atoms with Gasteiger partial charge in [-0.05, 0) is 69.8 Å². The van der Waals surface area contributed by atoms with Gasteiger partial charge in [-0.3, -0.25) is 0 Å². The summed E-state index contributed by atoms with van der Waals surface area (Å²) < 4.78 is 9.31. The molecular formula is C54H36N4O. The van der Waals surface area contributed by atoms with Crippen LogP contribution in [0.4, 0.5) is 0 Å². The van der Waals surface area contributed by atoms with E-state index in [1.165, 1.54) is 38.5 Å². The van der Waals surface area contributed by atoms with E-state index in [-0.39, 0.29) is 5.41 Å². The van der Waals surface area contributed by atoms with E-state index in [4.69, 9.17) is 19.4 Å². The van der Waals surface area contributed by atoms with Gasteiger partial charge >= 0.3 is 0 Å². The van der Waals surface area contributed by atoms with Crippen molar-refractivity contribution in [2.45, 2.75) is 19.3 Å². The second-order valence-electron chi connectivity index (χ2n) is 16.0. The highest BCUT2D eigenvalue weighted by molar-refractivity contribution is 6.14. The van der Waals surface area contributed by atoms with Gasteiger partial charge in [-0.25, -0.2) is 15.0 Å². The van der Waals surface area contributed by atoms with Gasteiger partial charge in [0.05, 0.1) is 16.7 Å². The van der Waals surface area contributed by atoms with Gasteiger partial charge in [-0.2, -0.15) is 0 Å². The molecule has 12 rings (SSSR count). The fourth-order valence-corrected chi connectivity index (χ4v) is 9.31. The number of hydrogen-bond donors (Lipinski definition) is 0. The second-order valence-corrected chi connectivity index (χ2v) is 16.0. The number of aromatic nitrogens is 4. The normalized spacial score (nSPS) is 13.1. The number of fused-ring (bicyclic) bond motifs is 9.